The van der Waals surface area contributed by atoms with Gasteiger partial charge in [0.1, 0.15) is 10.7 Å². The van der Waals surface area contributed by atoms with Crippen LogP contribution in [-0.2, 0) is 4.79 Å². The lowest BCUT2D eigenvalue weighted by molar-refractivity contribution is -0.480. The molecule has 1 fully saturated rings. The number of aromatic nitrogens is 2. The molecular formula is C18H21N5O4S. The van der Waals surface area contributed by atoms with Gasteiger partial charge in [-0.15, -0.1) is 11.3 Å². The average Bonchev–Trinajstić information content (AvgIpc) is 3.37. The topological polar surface area (TPSA) is 110 Å². The van der Waals surface area contributed by atoms with Crippen LogP contribution >= 0.6 is 11.3 Å². The van der Waals surface area contributed by atoms with Crippen molar-refractivity contribution in [2.45, 2.75) is 32.1 Å². The highest BCUT2D eigenvalue weighted by atomic mass is 32.1. The molecule has 0 aromatic carbocycles. The van der Waals surface area contributed by atoms with Crippen LogP contribution in [0.2, 0.25) is 0 Å². The number of carbonyl (C=O) groups is 2. The van der Waals surface area contributed by atoms with E-state index in [9.17, 15) is 19.7 Å². The van der Waals surface area contributed by atoms with Gasteiger partial charge in [0, 0.05) is 54.2 Å². The van der Waals surface area contributed by atoms with Gasteiger partial charge in [-0.1, -0.05) is 0 Å². The third-order valence-corrected chi connectivity index (χ3v) is 5.31. The molecule has 148 valence electrons. The number of pyridine rings is 1. The van der Waals surface area contributed by atoms with Crippen LogP contribution in [0.5, 0.6) is 0 Å². The van der Waals surface area contributed by atoms with Gasteiger partial charge in [0.2, 0.25) is 12.5 Å². The van der Waals surface area contributed by atoms with E-state index in [1.807, 2.05) is 12.1 Å². The Labute approximate surface area is 166 Å². The molecule has 0 saturated carbocycles. The number of nitro groups is 1. The maximum atomic E-state index is 12.8. The molecule has 0 spiro atoms. The summed E-state index contributed by atoms with van der Waals surface area (Å²) in [5.41, 5.74) is 1.16. The summed E-state index contributed by atoms with van der Waals surface area (Å²) in [6.45, 7) is 0.899. The summed E-state index contributed by atoms with van der Waals surface area (Å²) < 4.78 is 0. The van der Waals surface area contributed by atoms with E-state index in [0.717, 1.165) is 12.0 Å². The van der Waals surface area contributed by atoms with Crippen molar-refractivity contribution in [3.8, 4) is 10.6 Å². The van der Waals surface area contributed by atoms with Gasteiger partial charge in [-0.2, -0.15) is 0 Å². The first kappa shape index (κ1) is 19.9. The third kappa shape index (κ3) is 4.89. The Balaban J connectivity index is 1.58. The number of unbranched alkanes of at least 4 members (excludes halogenated alkanes) is 2. The molecule has 0 unspecified atom stereocenters. The van der Waals surface area contributed by atoms with Crippen molar-refractivity contribution in [2.75, 3.05) is 19.6 Å². The molecule has 0 radical (unpaired) electrons. The van der Waals surface area contributed by atoms with Crippen LogP contribution in [0.25, 0.3) is 10.6 Å². The molecule has 9 nitrogen and oxygen atoms in total. The van der Waals surface area contributed by atoms with E-state index in [-0.39, 0.29) is 29.7 Å². The van der Waals surface area contributed by atoms with Gasteiger partial charge < -0.3 is 0 Å². The zero-order valence-electron chi connectivity index (χ0n) is 15.3. The highest BCUT2D eigenvalue weighted by Gasteiger charge is 2.32. The summed E-state index contributed by atoms with van der Waals surface area (Å²) in [6.07, 6.45) is 6.02. The zero-order chi connectivity index (χ0) is 19.9. The predicted molar refractivity (Wildman–Crippen MR) is 103 cm³/mol. The SMILES string of the molecule is O=C(CCCCC[N+](=O)[O-])N1CCCN1C(=O)c1csc(-c2cccnc2)n1. The van der Waals surface area contributed by atoms with Gasteiger partial charge in [0.05, 0.1) is 0 Å². The van der Waals surface area contributed by atoms with Gasteiger partial charge in [-0.25, -0.2) is 9.99 Å². The lowest BCUT2D eigenvalue weighted by Crippen LogP contribution is -2.44. The first-order chi connectivity index (χ1) is 13.6. The first-order valence-corrected chi connectivity index (χ1v) is 10.0. The number of carbonyl (C=O) groups excluding carboxylic acids is 2. The molecule has 3 heterocycles. The van der Waals surface area contributed by atoms with E-state index in [4.69, 9.17) is 0 Å². The Morgan fingerprint density at radius 3 is 2.79 bits per heavy atom. The van der Waals surface area contributed by atoms with Crippen LogP contribution in [0.1, 0.15) is 42.6 Å². The second-order valence-corrected chi connectivity index (χ2v) is 7.30. The smallest absolute Gasteiger partial charge is 0.273 e. The van der Waals surface area contributed by atoms with Crippen molar-refractivity contribution in [1.29, 1.82) is 0 Å². The maximum absolute atomic E-state index is 12.8. The number of hydrogen-bond acceptors (Lipinski definition) is 7. The average molecular weight is 403 g/mol. The summed E-state index contributed by atoms with van der Waals surface area (Å²) in [5, 5.41) is 15.7. The number of hydrogen-bond donors (Lipinski definition) is 0. The highest BCUT2D eigenvalue weighted by Crippen LogP contribution is 2.24. The Morgan fingerprint density at radius 2 is 2.04 bits per heavy atom. The fourth-order valence-corrected chi connectivity index (χ4v) is 3.82. The predicted octanol–water partition coefficient (Wildman–Crippen LogP) is 2.63. The molecule has 3 rings (SSSR count). The van der Waals surface area contributed by atoms with Crippen molar-refractivity contribution in [1.82, 2.24) is 20.0 Å². The van der Waals surface area contributed by atoms with E-state index in [2.05, 4.69) is 9.97 Å². The van der Waals surface area contributed by atoms with Crippen LogP contribution in [0.15, 0.2) is 29.9 Å². The maximum Gasteiger partial charge on any atom is 0.291 e. The van der Waals surface area contributed by atoms with Gasteiger partial charge in [-0.05, 0) is 31.4 Å². The zero-order valence-corrected chi connectivity index (χ0v) is 16.1. The molecule has 0 atom stereocenters. The number of amides is 2. The van der Waals surface area contributed by atoms with E-state index >= 15 is 0 Å². The van der Waals surface area contributed by atoms with Crippen molar-refractivity contribution in [3.05, 3.63) is 45.7 Å². The quantitative estimate of drug-likeness (QED) is 0.381. The molecule has 1 aliphatic heterocycles. The van der Waals surface area contributed by atoms with Crippen molar-refractivity contribution in [2.24, 2.45) is 0 Å². The Morgan fingerprint density at radius 1 is 1.21 bits per heavy atom. The summed E-state index contributed by atoms with van der Waals surface area (Å²) in [7, 11) is 0. The molecule has 2 amide bonds. The molecular weight excluding hydrogens is 382 g/mol. The van der Waals surface area contributed by atoms with Crippen LogP contribution in [0.4, 0.5) is 0 Å². The normalized spacial score (nSPS) is 13.7. The summed E-state index contributed by atoms with van der Waals surface area (Å²) in [6, 6.07) is 3.69. The van der Waals surface area contributed by atoms with Gasteiger partial charge in [0.25, 0.3) is 5.91 Å². The Kier molecular flexibility index (Phi) is 6.64. The van der Waals surface area contributed by atoms with Crippen molar-refractivity contribution in [3.63, 3.8) is 0 Å². The first-order valence-electron chi connectivity index (χ1n) is 9.16. The molecule has 0 bridgehead atoms. The van der Waals surface area contributed by atoms with Gasteiger partial charge in [-0.3, -0.25) is 29.7 Å². The van der Waals surface area contributed by atoms with Crippen LogP contribution in [0, 0.1) is 10.1 Å². The molecule has 0 aliphatic carbocycles. The van der Waals surface area contributed by atoms with E-state index in [0.29, 0.717) is 43.1 Å². The Bertz CT molecular complexity index is 842. The third-order valence-electron chi connectivity index (χ3n) is 4.42. The lowest BCUT2D eigenvalue weighted by atomic mass is 10.2. The number of rotatable bonds is 8. The fourth-order valence-electron chi connectivity index (χ4n) is 3.03. The lowest BCUT2D eigenvalue weighted by Gasteiger charge is -2.27. The van der Waals surface area contributed by atoms with Crippen LogP contribution in [0.3, 0.4) is 0 Å². The highest BCUT2D eigenvalue weighted by molar-refractivity contribution is 7.13. The minimum atomic E-state index is -0.351. The number of nitrogens with zero attached hydrogens (tertiary/aromatic N) is 5. The van der Waals surface area contributed by atoms with Gasteiger partial charge >= 0.3 is 0 Å². The minimum Gasteiger partial charge on any atom is -0.273 e. The standard InChI is InChI=1S/C18H21N5O4S/c24-16(7-2-1-3-11-23(26)27)21-9-5-10-22(21)18(25)15-13-28-17(20-15)14-6-4-8-19-12-14/h4,6,8,12-13H,1-3,5,7,9-11H2. The van der Waals surface area contributed by atoms with Crippen LogP contribution < -0.4 is 0 Å². The van der Waals surface area contributed by atoms with Crippen LogP contribution in [-0.4, -0.2) is 56.4 Å². The molecule has 0 N–H and O–H groups in total. The second kappa shape index (κ2) is 9.36. The van der Waals surface area contributed by atoms with E-state index < -0.39 is 0 Å². The van der Waals surface area contributed by atoms with Crippen molar-refractivity contribution < 1.29 is 14.5 Å². The Hall–Kier alpha value is -2.88. The second-order valence-electron chi connectivity index (χ2n) is 6.45. The summed E-state index contributed by atoms with van der Waals surface area (Å²) in [5.74, 6) is -0.416. The summed E-state index contributed by atoms with van der Waals surface area (Å²) in [4.78, 5) is 43.8. The van der Waals surface area contributed by atoms with E-state index in [1.165, 1.54) is 21.4 Å². The molecule has 1 aliphatic rings. The van der Waals surface area contributed by atoms with Gasteiger partial charge in [0.15, 0.2) is 0 Å². The minimum absolute atomic E-state index is 0.0778. The van der Waals surface area contributed by atoms with Crippen molar-refractivity contribution >= 4 is 23.2 Å². The number of thiazole rings is 1. The monoisotopic (exact) mass is 403 g/mol. The fraction of sp³-hybridized carbons (Fsp3) is 0.444. The molecule has 2 aromatic rings. The van der Waals surface area contributed by atoms with E-state index in [1.54, 1.807) is 17.8 Å². The summed E-state index contributed by atoms with van der Waals surface area (Å²) >= 11 is 1.36. The molecule has 28 heavy (non-hydrogen) atoms. The largest absolute Gasteiger partial charge is 0.291 e. The molecule has 2 aromatic heterocycles. The molecule has 10 heteroatoms. The number of hydrazine groups is 1. The molecule has 1 saturated heterocycles.